The van der Waals surface area contributed by atoms with Gasteiger partial charge in [0, 0.05) is 25.9 Å². The van der Waals surface area contributed by atoms with Crippen LogP contribution in [0.15, 0.2) is 18.5 Å². The first-order valence-corrected chi connectivity index (χ1v) is 3.51. The zero-order valence-electron chi connectivity index (χ0n) is 6.45. The number of carbonyl (C=O) groups is 1. The smallest absolute Gasteiger partial charge is 0.303 e. The van der Waals surface area contributed by atoms with Gasteiger partial charge >= 0.3 is 5.97 Å². The summed E-state index contributed by atoms with van der Waals surface area (Å²) in [5.74, 6) is -0.742. The summed E-state index contributed by atoms with van der Waals surface area (Å²) in [6, 6.07) is 1.93. The highest BCUT2D eigenvalue weighted by Crippen LogP contribution is 2.02. The predicted octanol–water partition coefficient (Wildman–Crippen LogP) is 1.04. The number of nitrogens with zero attached hydrogens (tertiary/aromatic N) is 1. The maximum Gasteiger partial charge on any atom is 0.303 e. The van der Waals surface area contributed by atoms with Crippen molar-refractivity contribution in [1.82, 2.24) is 4.57 Å². The van der Waals surface area contributed by atoms with Crippen LogP contribution in [0.5, 0.6) is 0 Å². The summed E-state index contributed by atoms with van der Waals surface area (Å²) < 4.78 is 1.91. The zero-order valence-corrected chi connectivity index (χ0v) is 6.45. The van der Waals surface area contributed by atoms with Gasteiger partial charge in [-0.25, -0.2) is 0 Å². The van der Waals surface area contributed by atoms with E-state index in [4.69, 9.17) is 5.11 Å². The molecule has 0 unspecified atom stereocenters. The summed E-state index contributed by atoms with van der Waals surface area (Å²) in [5.41, 5.74) is 1.08. The molecule has 0 aliphatic heterocycles. The van der Waals surface area contributed by atoms with E-state index in [0.717, 1.165) is 5.56 Å². The number of rotatable bonds is 3. The molecule has 0 saturated carbocycles. The first kappa shape index (κ1) is 7.85. The van der Waals surface area contributed by atoms with Crippen molar-refractivity contribution in [3.05, 3.63) is 24.0 Å². The molecule has 0 aromatic carbocycles. The van der Waals surface area contributed by atoms with Crippen LogP contribution in [-0.4, -0.2) is 15.6 Å². The fraction of sp³-hybridized carbons (Fsp3) is 0.375. The molecule has 1 N–H and O–H groups in total. The van der Waals surface area contributed by atoms with Crippen LogP contribution >= 0.6 is 0 Å². The van der Waals surface area contributed by atoms with Gasteiger partial charge < -0.3 is 9.67 Å². The van der Waals surface area contributed by atoms with E-state index in [1.165, 1.54) is 0 Å². The van der Waals surface area contributed by atoms with E-state index in [9.17, 15) is 4.79 Å². The molecule has 11 heavy (non-hydrogen) atoms. The Morgan fingerprint density at radius 1 is 1.73 bits per heavy atom. The Bertz CT molecular complexity index is 252. The lowest BCUT2D eigenvalue weighted by atomic mass is 10.2. The SMILES string of the molecule is Cn1ccc(CCC(=O)O)c1. The summed E-state index contributed by atoms with van der Waals surface area (Å²) >= 11 is 0. The molecule has 0 saturated heterocycles. The summed E-state index contributed by atoms with van der Waals surface area (Å²) in [7, 11) is 1.92. The monoisotopic (exact) mass is 153 g/mol. The van der Waals surface area contributed by atoms with Crippen molar-refractivity contribution in [2.75, 3.05) is 0 Å². The van der Waals surface area contributed by atoms with Crippen molar-refractivity contribution in [3.63, 3.8) is 0 Å². The van der Waals surface area contributed by atoms with E-state index in [-0.39, 0.29) is 6.42 Å². The molecule has 60 valence electrons. The van der Waals surface area contributed by atoms with Gasteiger partial charge in [-0.1, -0.05) is 0 Å². The lowest BCUT2D eigenvalue weighted by molar-refractivity contribution is -0.136. The Hall–Kier alpha value is -1.25. The minimum absolute atomic E-state index is 0.212. The number of aryl methyl sites for hydroxylation is 2. The van der Waals surface area contributed by atoms with Gasteiger partial charge in [0.1, 0.15) is 0 Å². The molecule has 0 amide bonds. The van der Waals surface area contributed by atoms with Crippen molar-refractivity contribution in [1.29, 1.82) is 0 Å². The molecular formula is C8H11NO2. The van der Waals surface area contributed by atoms with Gasteiger partial charge in [0.05, 0.1) is 0 Å². The molecule has 3 heteroatoms. The molecule has 0 aliphatic rings. The maximum absolute atomic E-state index is 10.2. The minimum Gasteiger partial charge on any atom is -0.481 e. The first-order valence-electron chi connectivity index (χ1n) is 3.51. The number of hydrogen-bond acceptors (Lipinski definition) is 1. The van der Waals surface area contributed by atoms with Gasteiger partial charge in [-0.2, -0.15) is 0 Å². The average Bonchev–Trinajstić information content (AvgIpc) is 2.31. The number of aliphatic carboxylic acids is 1. The summed E-state index contributed by atoms with van der Waals surface area (Å²) in [4.78, 5) is 10.2. The topological polar surface area (TPSA) is 42.2 Å². The molecule has 0 aliphatic carbocycles. The van der Waals surface area contributed by atoms with Gasteiger partial charge in [-0.05, 0) is 18.1 Å². The van der Waals surface area contributed by atoms with E-state index < -0.39 is 5.97 Å². The van der Waals surface area contributed by atoms with Crippen LogP contribution in [0, 0.1) is 0 Å². The Morgan fingerprint density at radius 3 is 2.91 bits per heavy atom. The van der Waals surface area contributed by atoms with E-state index in [1.807, 2.05) is 30.1 Å². The van der Waals surface area contributed by atoms with Crippen molar-refractivity contribution in [2.24, 2.45) is 7.05 Å². The predicted molar refractivity (Wildman–Crippen MR) is 41.4 cm³/mol. The number of carboxylic acid groups (broad SMARTS) is 1. The van der Waals surface area contributed by atoms with Gasteiger partial charge in [0.25, 0.3) is 0 Å². The first-order chi connectivity index (χ1) is 5.18. The summed E-state index contributed by atoms with van der Waals surface area (Å²) in [5, 5.41) is 8.37. The molecule has 0 radical (unpaired) electrons. The van der Waals surface area contributed by atoms with Gasteiger partial charge in [0.2, 0.25) is 0 Å². The third-order valence-corrected chi connectivity index (χ3v) is 1.52. The lowest BCUT2D eigenvalue weighted by Gasteiger charge is -1.91. The van der Waals surface area contributed by atoms with Gasteiger partial charge in [-0.15, -0.1) is 0 Å². The Balaban J connectivity index is 2.45. The highest BCUT2D eigenvalue weighted by molar-refractivity contribution is 5.67. The Kier molecular flexibility index (Phi) is 2.31. The van der Waals surface area contributed by atoms with Crippen LogP contribution in [0.2, 0.25) is 0 Å². The van der Waals surface area contributed by atoms with Crippen molar-refractivity contribution < 1.29 is 9.90 Å². The molecule has 1 aromatic heterocycles. The average molecular weight is 153 g/mol. The Labute approximate surface area is 65.3 Å². The molecule has 0 atom stereocenters. The van der Waals surface area contributed by atoms with Crippen LogP contribution in [0.3, 0.4) is 0 Å². The van der Waals surface area contributed by atoms with Crippen LogP contribution in [0.1, 0.15) is 12.0 Å². The van der Waals surface area contributed by atoms with E-state index in [1.54, 1.807) is 0 Å². The van der Waals surface area contributed by atoms with Crippen molar-refractivity contribution in [3.8, 4) is 0 Å². The van der Waals surface area contributed by atoms with Gasteiger partial charge in [0.15, 0.2) is 0 Å². The zero-order chi connectivity index (χ0) is 8.27. The number of hydrogen-bond donors (Lipinski definition) is 1. The molecule has 0 fully saturated rings. The van der Waals surface area contributed by atoms with Crippen LogP contribution in [0.4, 0.5) is 0 Å². The van der Waals surface area contributed by atoms with E-state index in [0.29, 0.717) is 6.42 Å². The summed E-state index contributed by atoms with van der Waals surface area (Å²) in [6.45, 7) is 0. The third kappa shape index (κ3) is 2.45. The molecular weight excluding hydrogens is 142 g/mol. The highest BCUT2D eigenvalue weighted by Gasteiger charge is 1.98. The van der Waals surface area contributed by atoms with E-state index in [2.05, 4.69) is 0 Å². The fourth-order valence-electron chi connectivity index (χ4n) is 0.960. The second-order valence-electron chi connectivity index (χ2n) is 2.58. The molecule has 1 heterocycles. The lowest BCUT2D eigenvalue weighted by Crippen LogP contribution is -1.96. The van der Waals surface area contributed by atoms with E-state index >= 15 is 0 Å². The largest absolute Gasteiger partial charge is 0.481 e. The second-order valence-corrected chi connectivity index (χ2v) is 2.58. The normalized spacial score (nSPS) is 9.91. The molecule has 1 aromatic rings. The quantitative estimate of drug-likeness (QED) is 0.705. The van der Waals surface area contributed by atoms with Crippen molar-refractivity contribution in [2.45, 2.75) is 12.8 Å². The second kappa shape index (κ2) is 3.23. The standard InChI is InChI=1S/C8H11NO2/c1-9-5-4-7(6-9)2-3-8(10)11/h4-6H,2-3H2,1H3,(H,10,11). The molecule has 3 nitrogen and oxygen atoms in total. The summed E-state index contributed by atoms with van der Waals surface area (Å²) in [6.07, 6.45) is 4.68. The van der Waals surface area contributed by atoms with Crippen molar-refractivity contribution >= 4 is 5.97 Å². The minimum atomic E-state index is -0.742. The molecule has 1 rings (SSSR count). The van der Waals surface area contributed by atoms with Gasteiger partial charge in [-0.3, -0.25) is 4.79 Å². The molecule has 0 bridgehead atoms. The Morgan fingerprint density at radius 2 is 2.45 bits per heavy atom. The number of aromatic nitrogens is 1. The van der Waals surface area contributed by atoms with Crippen LogP contribution in [0.25, 0.3) is 0 Å². The van der Waals surface area contributed by atoms with Crippen LogP contribution < -0.4 is 0 Å². The fourth-order valence-corrected chi connectivity index (χ4v) is 0.960. The maximum atomic E-state index is 10.2. The molecule has 0 spiro atoms. The van der Waals surface area contributed by atoms with Crippen LogP contribution in [-0.2, 0) is 18.3 Å². The number of carboxylic acids is 1. The highest BCUT2D eigenvalue weighted by atomic mass is 16.4. The third-order valence-electron chi connectivity index (χ3n) is 1.52.